The van der Waals surface area contributed by atoms with Crippen LogP contribution in [0, 0.1) is 5.92 Å². The van der Waals surface area contributed by atoms with Crippen molar-refractivity contribution < 1.29 is 4.79 Å². The zero-order valence-corrected chi connectivity index (χ0v) is 8.00. The summed E-state index contributed by atoms with van der Waals surface area (Å²) in [5.74, 6) is -0.157. The summed E-state index contributed by atoms with van der Waals surface area (Å²) in [5.41, 5.74) is 16.0. The number of amides is 1. The molecule has 4 nitrogen and oxygen atoms in total. The highest BCUT2D eigenvalue weighted by Crippen LogP contribution is 2.15. The number of rotatable bonds is 4. The first-order valence-corrected chi connectivity index (χ1v) is 4.10. The Bertz CT molecular complexity index is 166. The van der Waals surface area contributed by atoms with Crippen LogP contribution in [0.15, 0.2) is 0 Å². The average Bonchev–Trinajstić information content (AvgIpc) is 1.82. The van der Waals surface area contributed by atoms with Gasteiger partial charge < -0.3 is 17.2 Å². The fourth-order valence-electron chi connectivity index (χ4n) is 1.25. The Morgan fingerprint density at radius 3 is 2.17 bits per heavy atom. The largest absolute Gasteiger partial charge is 0.370 e. The SMILES string of the molecule is CC(C)C(N)C(C)(N)CC(N)=O. The molecule has 0 aliphatic heterocycles. The Hall–Kier alpha value is -0.610. The van der Waals surface area contributed by atoms with Crippen molar-refractivity contribution in [2.75, 3.05) is 0 Å². The molecule has 0 saturated heterocycles. The minimum atomic E-state index is -0.694. The maximum atomic E-state index is 10.6. The number of carbonyl (C=O) groups is 1. The molecule has 1 amide bonds. The minimum Gasteiger partial charge on any atom is -0.370 e. The minimum absolute atomic E-state index is 0.131. The normalized spacial score (nSPS) is 18.8. The maximum Gasteiger partial charge on any atom is 0.219 e. The third-order valence-corrected chi connectivity index (χ3v) is 2.03. The fraction of sp³-hybridized carbons (Fsp3) is 0.875. The molecule has 0 rings (SSSR count). The maximum absolute atomic E-state index is 10.6. The van der Waals surface area contributed by atoms with Crippen molar-refractivity contribution in [3.05, 3.63) is 0 Å². The molecule has 0 aromatic rings. The van der Waals surface area contributed by atoms with E-state index in [1.807, 2.05) is 13.8 Å². The molecule has 12 heavy (non-hydrogen) atoms. The quantitative estimate of drug-likeness (QED) is 0.538. The number of carbonyl (C=O) groups excluding carboxylic acids is 1. The van der Waals surface area contributed by atoms with Crippen molar-refractivity contribution in [2.45, 2.75) is 38.8 Å². The number of hydrogen-bond donors (Lipinski definition) is 3. The van der Waals surface area contributed by atoms with Crippen molar-refractivity contribution in [1.29, 1.82) is 0 Å². The van der Waals surface area contributed by atoms with Crippen LogP contribution >= 0.6 is 0 Å². The van der Waals surface area contributed by atoms with Crippen LogP contribution in [0.25, 0.3) is 0 Å². The summed E-state index contributed by atoms with van der Waals surface area (Å²) >= 11 is 0. The van der Waals surface area contributed by atoms with E-state index in [9.17, 15) is 4.79 Å². The number of nitrogens with two attached hydrogens (primary N) is 3. The predicted molar refractivity (Wildman–Crippen MR) is 49.2 cm³/mol. The van der Waals surface area contributed by atoms with Gasteiger partial charge in [0.15, 0.2) is 0 Å². The molecule has 0 spiro atoms. The summed E-state index contributed by atoms with van der Waals surface area (Å²) in [4.78, 5) is 10.6. The highest BCUT2D eigenvalue weighted by molar-refractivity contribution is 5.75. The van der Waals surface area contributed by atoms with Gasteiger partial charge in [-0.3, -0.25) is 4.79 Å². The van der Waals surface area contributed by atoms with Crippen LogP contribution < -0.4 is 17.2 Å². The molecule has 72 valence electrons. The third kappa shape index (κ3) is 3.19. The summed E-state index contributed by atoms with van der Waals surface area (Å²) in [7, 11) is 0. The van der Waals surface area contributed by atoms with Gasteiger partial charge in [-0.05, 0) is 12.8 Å². The Labute approximate surface area is 73.5 Å². The number of hydrogen-bond acceptors (Lipinski definition) is 3. The molecule has 0 aromatic heterocycles. The Morgan fingerprint density at radius 1 is 1.50 bits per heavy atom. The van der Waals surface area contributed by atoms with E-state index in [-0.39, 0.29) is 18.4 Å². The van der Waals surface area contributed by atoms with Crippen molar-refractivity contribution in [3.8, 4) is 0 Å². The van der Waals surface area contributed by atoms with Gasteiger partial charge in [0.05, 0.1) is 0 Å². The van der Waals surface area contributed by atoms with Crippen LogP contribution in [0.3, 0.4) is 0 Å². The van der Waals surface area contributed by atoms with Crippen molar-refractivity contribution in [2.24, 2.45) is 23.1 Å². The first kappa shape index (κ1) is 11.4. The van der Waals surface area contributed by atoms with E-state index in [2.05, 4.69) is 0 Å². The van der Waals surface area contributed by atoms with Gasteiger partial charge in [0, 0.05) is 18.0 Å². The molecule has 0 saturated carbocycles. The van der Waals surface area contributed by atoms with Gasteiger partial charge in [-0.15, -0.1) is 0 Å². The molecule has 0 aromatic carbocycles. The van der Waals surface area contributed by atoms with Crippen LogP contribution in [-0.4, -0.2) is 17.5 Å². The second kappa shape index (κ2) is 3.87. The van der Waals surface area contributed by atoms with Gasteiger partial charge in [-0.2, -0.15) is 0 Å². The van der Waals surface area contributed by atoms with Crippen molar-refractivity contribution >= 4 is 5.91 Å². The average molecular weight is 173 g/mol. The molecule has 2 unspecified atom stereocenters. The molecule has 4 heteroatoms. The van der Waals surface area contributed by atoms with E-state index < -0.39 is 11.4 Å². The monoisotopic (exact) mass is 173 g/mol. The lowest BCUT2D eigenvalue weighted by Crippen LogP contribution is -2.57. The van der Waals surface area contributed by atoms with Crippen LogP contribution in [0.4, 0.5) is 0 Å². The van der Waals surface area contributed by atoms with Gasteiger partial charge in [-0.25, -0.2) is 0 Å². The van der Waals surface area contributed by atoms with E-state index in [4.69, 9.17) is 17.2 Å². The molecular formula is C8H19N3O. The van der Waals surface area contributed by atoms with E-state index >= 15 is 0 Å². The Kier molecular flexibility index (Phi) is 3.67. The molecular weight excluding hydrogens is 154 g/mol. The van der Waals surface area contributed by atoms with E-state index in [1.165, 1.54) is 0 Å². The lowest BCUT2D eigenvalue weighted by Gasteiger charge is -2.32. The summed E-state index contributed by atoms with van der Waals surface area (Å²) < 4.78 is 0. The lowest BCUT2D eigenvalue weighted by molar-refractivity contribution is -0.119. The van der Waals surface area contributed by atoms with E-state index in [0.29, 0.717) is 0 Å². The van der Waals surface area contributed by atoms with Gasteiger partial charge in [-0.1, -0.05) is 13.8 Å². The smallest absolute Gasteiger partial charge is 0.219 e. The molecule has 6 N–H and O–H groups in total. The molecule has 2 atom stereocenters. The van der Waals surface area contributed by atoms with Gasteiger partial charge in [0.1, 0.15) is 0 Å². The van der Waals surface area contributed by atoms with Gasteiger partial charge >= 0.3 is 0 Å². The summed E-state index contributed by atoms with van der Waals surface area (Å²) in [6.45, 7) is 5.69. The highest BCUT2D eigenvalue weighted by atomic mass is 16.1. The summed E-state index contributed by atoms with van der Waals surface area (Å²) in [6.07, 6.45) is 0.131. The van der Waals surface area contributed by atoms with Crippen LogP contribution in [0.5, 0.6) is 0 Å². The predicted octanol–water partition coefficient (Wildman–Crippen LogP) is -0.437. The van der Waals surface area contributed by atoms with Crippen LogP contribution in [0.1, 0.15) is 27.2 Å². The first-order chi connectivity index (χ1) is 5.27. The second-order valence-electron chi connectivity index (χ2n) is 3.92. The molecule has 0 heterocycles. The lowest BCUT2D eigenvalue weighted by atomic mass is 9.83. The summed E-state index contributed by atoms with van der Waals surface area (Å²) in [6, 6.07) is -0.204. The zero-order chi connectivity index (χ0) is 9.94. The Morgan fingerprint density at radius 2 is 1.92 bits per heavy atom. The molecule has 0 aliphatic carbocycles. The molecule has 0 aliphatic rings. The van der Waals surface area contributed by atoms with E-state index in [0.717, 1.165) is 0 Å². The standard InChI is InChI=1S/C8H19N3O/c1-5(2)7(10)8(3,11)4-6(9)12/h5,7H,4,10-11H2,1-3H3,(H2,9,12). The topological polar surface area (TPSA) is 95.1 Å². The molecule has 0 bridgehead atoms. The zero-order valence-electron chi connectivity index (χ0n) is 8.00. The van der Waals surface area contributed by atoms with Crippen LogP contribution in [-0.2, 0) is 4.79 Å². The number of primary amides is 1. The van der Waals surface area contributed by atoms with Crippen molar-refractivity contribution in [3.63, 3.8) is 0 Å². The van der Waals surface area contributed by atoms with Gasteiger partial charge in [0.2, 0.25) is 5.91 Å². The second-order valence-corrected chi connectivity index (χ2v) is 3.92. The van der Waals surface area contributed by atoms with E-state index in [1.54, 1.807) is 6.92 Å². The molecule has 0 fully saturated rings. The summed E-state index contributed by atoms with van der Waals surface area (Å²) in [5, 5.41) is 0. The van der Waals surface area contributed by atoms with Crippen molar-refractivity contribution in [1.82, 2.24) is 0 Å². The molecule has 0 radical (unpaired) electrons. The Balaban J connectivity index is 4.28. The van der Waals surface area contributed by atoms with Gasteiger partial charge in [0.25, 0.3) is 0 Å². The first-order valence-electron chi connectivity index (χ1n) is 4.10. The van der Waals surface area contributed by atoms with Crippen LogP contribution in [0.2, 0.25) is 0 Å². The highest BCUT2D eigenvalue weighted by Gasteiger charge is 2.30. The fourth-order valence-corrected chi connectivity index (χ4v) is 1.25. The third-order valence-electron chi connectivity index (χ3n) is 2.03.